The standard InChI is InChI=1S/C43H78NO8P/c1-3-5-7-9-11-13-15-17-18-19-20-22-24-26-28-30-36-48-38-40(39-50-53(46,47)49-37-35-44)51-43(45)34-31-33-42-41(52-42)32-29-27-25-23-21-16-14-12-10-8-6-4-2/h12,14,21,23,27,29-30,36,40-42H,3-11,13,15-20,22,24-26,28,31-35,37-39,44H2,1-2H3,(H,46,47)/b14-12-,23-21-,29-27-,36-30+/t40-,41?,42?/m1/s1. The fourth-order valence-electron chi connectivity index (χ4n) is 5.99. The molecule has 1 heterocycles. The van der Waals surface area contributed by atoms with Crippen LogP contribution in [-0.4, -0.2) is 55.5 Å². The summed E-state index contributed by atoms with van der Waals surface area (Å²) in [7, 11) is -4.32. The van der Waals surface area contributed by atoms with Crippen LogP contribution < -0.4 is 5.73 Å². The van der Waals surface area contributed by atoms with Crippen molar-refractivity contribution in [3.05, 3.63) is 48.8 Å². The minimum atomic E-state index is -4.32. The minimum absolute atomic E-state index is 0.00293. The smallest absolute Gasteiger partial charge is 0.472 e. The summed E-state index contributed by atoms with van der Waals surface area (Å²) >= 11 is 0. The number of hydrogen-bond donors (Lipinski definition) is 2. The second kappa shape index (κ2) is 35.9. The lowest BCUT2D eigenvalue weighted by Gasteiger charge is -2.19. The van der Waals surface area contributed by atoms with Crippen LogP contribution in [0.4, 0.5) is 0 Å². The molecule has 3 N–H and O–H groups in total. The zero-order valence-corrected chi connectivity index (χ0v) is 34.6. The quantitative estimate of drug-likeness (QED) is 0.0157. The fourth-order valence-corrected chi connectivity index (χ4v) is 6.76. The number of rotatable bonds is 39. The molecule has 1 saturated heterocycles. The molecule has 1 aliphatic rings. The van der Waals surface area contributed by atoms with Crippen molar-refractivity contribution in [1.82, 2.24) is 0 Å². The Morgan fingerprint density at radius 1 is 0.698 bits per heavy atom. The van der Waals surface area contributed by atoms with E-state index in [1.165, 1.54) is 109 Å². The molecular formula is C43H78NO8P. The topological polar surface area (TPSA) is 130 Å². The van der Waals surface area contributed by atoms with Crippen molar-refractivity contribution < 1.29 is 37.5 Å². The summed E-state index contributed by atoms with van der Waals surface area (Å²) in [5.41, 5.74) is 5.36. The predicted octanol–water partition coefficient (Wildman–Crippen LogP) is 11.7. The van der Waals surface area contributed by atoms with Gasteiger partial charge in [-0.3, -0.25) is 13.8 Å². The molecular weight excluding hydrogens is 689 g/mol. The molecule has 0 bridgehead atoms. The Labute approximate surface area is 324 Å². The average molecular weight is 768 g/mol. The van der Waals surface area contributed by atoms with E-state index in [4.69, 9.17) is 29.0 Å². The summed E-state index contributed by atoms with van der Waals surface area (Å²) in [6.07, 6.45) is 45.2. The van der Waals surface area contributed by atoms with Gasteiger partial charge in [0.25, 0.3) is 0 Å². The maximum Gasteiger partial charge on any atom is 0.472 e. The number of phosphoric ester groups is 1. The highest BCUT2D eigenvalue weighted by Crippen LogP contribution is 2.43. The lowest BCUT2D eigenvalue weighted by molar-refractivity contribution is -0.153. The van der Waals surface area contributed by atoms with Crippen molar-refractivity contribution in [2.45, 2.75) is 193 Å². The molecule has 0 aromatic rings. The van der Waals surface area contributed by atoms with Gasteiger partial charge >= 0.3 is 13.8 Å². The largest absolute Gasteiger partial charge is 0.498 e. The van der Waals surface area contributed by atoms with Gasteiger partial charge in [0.05, 0.1) is 31.7 Å². The molecule has 10 heteroatoms. The van der Waals surface area contributed by atoms with Crippen molar-refractivity contribution in [3.8, 4) is 0 Å². The molecule has 9 nitrogen and oxygen atoms in total. The van der Waals surface area contributed by atoms with E-state index in [0.29, 0.717) is 6.42 Å². The Kier molecular flexibility index (Phi) is 33.4. The van der Waals surface area contributed by atoms with Gasteiger partial charge in [-0.25, -0.2) is 4.57 Å². The lowest BCUT2D eigenvalue weighted by atomic mass is 10.0. The van der Waals surface area contributed by atoms with Gasteiger partial charge in [-0.2, -0.15) is 0 Å². The Morgan fingerprint density at radius 3 is 1.89 bits per heavy atom. The van der Waals surface area contributed by atoms with Gasteiger partial charge in [-0.05, 0) is 63.9 Å². The number of esters is 1. The molecule has 3 unspecified atom stereocenters. The third-order valence-electron chi connectivity index (χ3n) is 9.24. The molecule has 0 aromatic carbocycles. The van der Waals surface area contributed by atoms with Gasteiger partial charge in [0, 0.05) is 13.0 Å². The molecule has 1 fully saturated rings. The van der Waals surface area contributed by atoms with E-state index in [2.05, 4.69) is 50.3 Å². The van der Waals surface area contributed by atoms with Crippen LogP contribution in [0.1, 0.15) is 174 Å². The highest BCUT2D eigenvalue weighted by atomic mass is 31.2. The van der Waals surface area contributed by atoms with Crippen LogP contribution in [0.2, 0.25) is 0 Å². The number of carbonyl (C=O) groups excluding carboxylic acids is 1. The number of carbonyl (C=O) groups is 1. The van der Waals surface area contributed by atoms with Crippen LogP contribution in [0.25, 0.3) is 0 Å². The normalized spacial score (nSPS) is 17.7. The van der Waals surface area contributed by atoms with Gasteiger partial charge in [-0.1, -0.05) is 147 Å². The predicted molar refractivity (Wildman–Crippen MR) is 219 cm³/mol. The van der Waals surface area contributed by atoms with E-state index < -0.39 is 19.9 Å². The zero-order valence-electron chi connectivity index (χ0n) is 33.7. The number of hydrogen-bond acceptors (Lipinski definition) is 8. The van der Waals surface area contributed by atoms with Crippen LogP contribution in [0.3, 0.4) is 0 Å². The van der Waals surface area contributed by atoms with E-state index in [1.807, 2.05) is 6.08 Å². The first kappa shape index (κ1) is 49.3. The van der Waals surface area contributed by atoms with E-state index in [1.54, 1.807) is 6.26 Å². The zero-order chi connectivity index (χ0) is 38.5. The summed E-state index contributed by atoms with van der Waals surface area (Å²) in [4.78, 5) is 22.5. The van der Waals surface area contributed by atoms with Crippen molar-refractivity contribution in [3.63, 3.8) is 0 Å². The first-order valence-corrected chi connectivity index (χ1v) is 22.8. The minimum Gasteiger partial charge on any atom is -0.498 e. The number of epoxide rings is 1. The van der Waals surface area contributed by atoms with Crippen molar-refractivity contribution in [2.24, 2.45) is 5.73 Å². The molecule has 53 heavy (non-hydrogen) atoms. The molecule has 0 aromatic heterocycles. The van der Waals surface area contributed by atoms with E-state index in [9.17, 15) is 14.3 Å². The Morgan fingerprint density at radius 2 is 1.25 bits per heavy atom. The van der Waals surface area contributed by atoms with E-state index >= 15 is 0 Å². The van der Waals surface area contributed by atoms with Crippen LogP contribution in [0, 0.1) is 0 Å². The Bertz CT molecular complexity index is 1020. The Hall–Kier alpha value is -1.74. The molecule has 308 valence electrons. The molecule has 1 rings (SSSR count). The molecule has 1 aliphatic heterocycles. The average Bonchev–Trinajstić information content (AvgIpc) is 3.90. The summed E-state index contributed by atoms with van der Waals surface area (Å²) in [5, 5.41) is 0. The van der Waals surface area contributed by atoms with Crippen LogP contribution in [0.15, 0.2) is 48.8 Å². The van der Waals surface area contributed by atoms with Gasteiger partial charge in [0.1, 0.15) is 6.61 Å². The molecule has 0 radical (unpaired) electrons. The summed E-state index contributed by atoms with van der Waals surface area (Å²) in [5.74, 6) is -0.413. The highest BCUT2D eigenvalue weighted by molar-refractivity contribution is 7.47. The monoisotopic (exact) mass is 768 g/mol. The van der Waals surface area contributed by atoms with E-state index in [-0.39, 0.29) is 45.0 Å². The van der Waals surface area contributed by atoms with Crippen molar-refractivity contribution in [2.75, 3.05) is 26.4 Å². The number of unbranched alkanes of at least 4 members (excludes halogenated alkanes) is 17. The SMILES string of the molecule is CCCCC/C=C\C/C=C\C/C=C\CC1OC1CCCC(=O)O[C@H](CO/C=C/CCCCCCCCCCCCCCCC)COP(=O)(O)OCCN. The first-order valence-electron chi connectivity index (χ1n) is 21.3. The number of allylic oxidation sites excluding steroid dienone is 6. The first-order chi connectivity index (χ1) is 25.9. The maximum absolute atomic E-state index is 12.6. The van der Waals surface area contributed by atoms with Crippen LogP contribution >= 0.6 is 7.82 Å². The van der Waals surface area contributed by atoms with Gasteiger partial charge in [-0.15, -0.1) is 0 Å². The number of ether oxygens (including phenoxy) is 3. The highest BCUT2D eigenvalue weighted by Gasteiger charge is 2.36. The van der Waals surface area contributed by atoms with Crippen molar-refractivity contribution in [1.29, 1.82) is 0 Å². The molecule has 4 atom stereocenters. The molecule has 0 spiro atoms. The summed E-state index contributed by atoms with van der Waals surface area (Å²) in [6.45, 7) is 4.12. The second-order valence-electron chi connectivity index (χ2n) is 14.3. The molecule has 0 aliphatic carbocycles. The number of phosphoric acid groups is 1. The van der Waals surface area contributed by atoms with Gasteiger partial charge < -0.3 is 24.8 Å². The van der Waals surface area contributed by atoms with Gasteiger partial charge in [0.2, 0.25) is 0 Å². The fraction of sp³-hybridized carbons (Fsp3) is 0.791. The van der Waals surface area contributed by atoms with Crippen LogP contribution in [0.5, 0.6) is 0 Å². The molecule has 0 saturated carbocycles. The van der Waals surface area contributed by atoms with E-state index in [0.717, 1.165) is 38.5 Å². The summed E-state index contributed by atoms with van der Waals surface area (Å²) < 4.78 is 39.0. The summed E-state index contributed by atoms with van der Waals surface area (Å²) in [6, 6.07) is 0. The Balaban J connectivity index is 2.21. The second-order valence-corrected chi connectivity index (χ2v) is 15.8. The lowest BCUT2D eigenvalue weighted by Crippen LogP contribution is -2.28. The third-order valence-corrected chi connectivity index (χ3v) is 10.2. The maximum atomic E-state index is 12.6. The van der Waals surface area contributed by atoms with Crippen LogP contribution in [-0.2, 0) is 32.6 Å². The number of nitrogens with two attached hydrogens (primary N) is 1. The van der Waals surface area contributed by atoms with Gasteiger partial charge in [0.15, 0.2) is 6.10 Å². The third kappa shape index (κ3) is 33.3. The van der Waals surface area contributed by atoms with Crippen molar-refractivity contribution >= 4 is 13.8 Å². The molecule has 0 amide bonds.